The molecule has 1 aliphatic heterocycles. The molecule has 0 aromatic heterocycles. The van der Waals surface area contributed by atoms with Gasteiger partial charge in [-0.3, -0.25) is 9.59 Å². The molecule has 2 amide bonds. The Morgan fingerprint density at radius 3 is 2.26 bits per heavy atom. The van der Waals surface area contributed by atoms with Crippen LogP contribution in [0, 0.1) is 5.92 Å². The lowest BCUT2D eigenvalue weighted by Crippen LogP contribution is -2.43. The van der Waals surface area contributed by atoms with Gasteiger partial charge in [-0.1, -0.05) is 24.3 Å². The molecule has 7 heteroatoms. The topological polar surface area (TPSA) is 58.6 Å². The number of carbonyl (C=O) groups is 2. The predicted octanol–water partition coefficient (Wildman–Crippen LogP) is 4.47. The van der Waals surface area contributed by atoms with E-state index in [1.807, 2.05) is 48.5 Å². The zero-order valence-electron chi connectivity index (χ0n) is 14.7. The SMILES string of the molecule is O=C(Nc1ccccc1)C1CCN(C(=O)COc2c(Br)cccc2Br)CC1. The minimum Gasteiger partial charge on any atom is -0.481 e. The van der Waals surface area contributed by atoms with E-state index in [1.165, 1.54) is 0 Å². The summed E-state index contributed by atoms with van der Waals surface area (Å²) in [4.78, 5) is 26.6. The Bertz CT molecular complexity index is 786. The summed E-state index contributed by atoms with van der Waals surface area (Å²) >= 11 is 6.84. The number of nitrogens with one attached hydrogen (secondary N) is 1. The maximum absolute atomic E-state index is 12.4. The highest BCUT2D eigenvalue weighted by Gasteiger charge is 2.27. The summed E-state index contributed by atoms with van der Waals surface area (Å²) in [6.45, 7) is 1.10. The lowest BCUT2D eigenvalue weighted by Gasteiger charge is -2.31. The molecule has 2 aromatic carbocycles. The maximum Gasteiger partial charge on any atom is 0.260 e. The van der Waals surface area contributed by atoms with Gasteiger partial charge in [-0.25, -0.2) is 0 Å². The zero-order valence-corrected chi connectivity index (χ0v) is 17.8. The molecule has 1 heterocycles. The number of benzene rings is 2. The molecular formula is C20H20Br2N2O3. The van der Waals surface area contributed by atoms with E-state index < -0.39 is 0 Å². The highest BCUT2D eigenvalue weighted by molar-refractivity contribution is 9.11. The number of para-hydroxylation sites is 2. The Balaban J connectivity index is 1.47. The van der Waals surface area contributed by atoms with Crippen molar-refractivity contribution in [3.63, 3.8) is 0 Å². The van der Waals surface area contributed by atoms with Gasteiger partial charge in [0.2, 0.25) is 5.91 Å². The Hall–Kier alpha value is -1.86. The molecule has 0 aliphatic carbocycles. The van der Waals surface area contributed by atoms with Crippen molar-refractivity contribution < 1.29 is 14.3 Å². The van der Waals surface area contributed by atoms with Gasteiger partial charge in [0.1, 0.15) is 5.75 Å². The third kappa shape index (κ3) is 5.32. The van der Waals surface area contributed by atoms with Gasteiger partial charge in [-0.2, -0.15) is 0 Å². The summed E-state index contributed by atoms with van der Waals surface area (Å²) in [5.74, 6) is 0.483. The van der Waals surface area contributed by atoms with Crippen molar-refractivity contribution >= 4 is 49.4 Å². The van der Waals surface area contributed by atoms with Crippen LogP contribution in [-0.2, 0) is 9.59 Å². The number of ether oxygens (including phenoxy) is 1. The van der Waals surface area contributed by atoms with Gasteiger partial charge in [0.05, 0.1) is 8.95 Å². The van der Waals surface area contributed by atoms with Crippen molar-refractivity contribution in [1.29, 1.82) is 0 Å². The molecule has 2 aromatic rings. The lowest BCUT2D eigenvalue weighted by atomic mass is 9.95. The first-order valence-corrected chi connectivity index (χ1v) is 10.3. The monoisotopic (exact) mass is 494 g/mol. The van der Waals surface area contributed by atoms with Gasteiger partial charge in [0.25, 0.3) is 5.91 Å². The number of likely N-dealkylation sites (tertiary alicyclic amines) is 1. The smallest absolute Gasteiger partial charge is 0.260 e. The number of piperidine rings is 1. The van der Waals surface area contributed by atoms with Crippen molar-refractivity contribution in [2.24, 2.45) is 5.92 Å². The largest absolute Gasteiger partial charge is 0.481 e. The van der Waals surface area contributed by atoms with Gasteiger partial charge >= 0.3 is 0 Å². The third-order valence-corrected chi connectivity index (χ3v) is 5.77. The quantitative estimate of drug-likeness (QED) is 0.665. The maximum atomic E-state index is 12.4. The summed E-state index contributed by atoms with van der Waals surface area (Å²) in [7, 11) is 0. The molecule has 0 unspecified atom stereocenters. The number of carbonyl (C=O) groups excluding carboxylic acids is 2. The van der Waals surface area contributed by atoms with E-state index in [-0.39, 0.29) is 24.3 Å². The van der Waals surface area contributed by atoms with Crippen LogP contribution in [0.1, 0.15) is 12.8 Å². The Kier molecular flexibility index (Phi) is 6.90. The van der Waals surface area contributed by atoms with Crippen LogP contribution < -0.4 is 10.1 Å². The molecular weight excluding hydrogens is 476 g/mol. The standard InChI is InChI=1S/C20H20Br2N2O3/c21-16-7-4-8-17(22)19(16)27-13-18(25)24-11-9-14(10-12-24)20(26)23-15-5-2-1-3-6-15/h1-8,14H,9-13H2,(H,23,26). The average Bonchev–Trinajstić information content (AvgIpc) is 2.68. The molecule has 142 valence electrons. The van der Waals surface area contributed by atoms with Gasteiger partial charge in [-0.15, -0.1) is 0 Å². The van der Waals surface area contributed by atoms with Crippen molar-refractivity contribution in [2.75, 3.05) is 25.0 Å². The van der Waals surface area contributed by atoms with E-state index >= 15 is 0 Å². The summed E-state index contributed by atoms with van der Waals surface area (Å²) in [6.07, 6.45) is 1.31. The molecule has 0 radical (unpaired) electrons. The van der Waals surface area contributed by atoms with Crippen LogP contribution in [0.15, 0.2) is 57.5 Å². The first-order valence-electron chi connectivity index (χ1n) is 8.75. The molecule has 0 spiro atoms. The van der Waals surface area contributed by atoms with E-state index in [1.54, 1.807) is 4.90 Å². The highest BCUT2D eigenvalue weighted by atomic mass is 79.9. The Morgan fingerprint density at radius 2 is 1.63 bits per heavy atom. The zero-order chi connectivity index (χ0) is 19.2. The van der Waals surface area contributed by atoms with Crippen molar-refractivity contribution in [1.82, 2.24) is 4.90 Å². The molecule has 1 aliphatic rings. The summed E-state index contributed by atoms with van der Waals surface area (Å²) in [6, 6.07) is 15.0. The van der Waals surface area contributed by atoms with E-state index in [2.05, 4.69) is 37.2 Å². The Labute approximate surface area is 175 Å². The molecule has 1 fully saturated rings. The lowest BCUT2D eigenvalue weighted by molar-refractivity contribution is -0.136. The number of anilines is 1. The molecule has 27 heavy (non-hydrogen) atoms. The molecule has 1 N–H and O–H groups in total. The minimum absolute atomic E-state index is 0.0155. The third-order valence-electron chi connectivity index (χ3n) is 4.52. The molecule has 0 atom stereocenters. The van der Waals surface area contributed by atoms with E-state index in [9.17, 15) is 9.59 Å². The van der Waals surface area contributed by atoms with Gasteiger partial charge < -0.3 is 15.0 Å². The minimum atomic E-state index is -0.0763. The fourth-order valence-corrected chi connectivity index (χ4v) is 4.23. The summed E-state index contributed by atoms with van der Waals surface area (Å²) < 4.78 is 7.26. The van der Waals surface area contributed by atoms with E-state index in [0.29, 0.717) is 31.7 Å². The predicted molar refractivity (Wildman–Crippen MR) is 112 cm³/mol. The van der Waals surface area contributed by atoms with E-state index in [0.717, 1.165) is 14.6 Å². The number of halogens is 2. The van der Waals surface area contributed by atoms with Crippen LogP contribution in [-0.4, -0.2) is 36.4 Å². The number of hydrogen-bond acceptors (Lipinski definition) is 3. The fourth-order valence-electron chi connectivity index (χ4n) is 3.00. The molecule has 5 nitrogen and oxygen atoms in total. The molecule has 1 saturated heterocycles. The number of amides is 2. The second-order valence-electron chi connectivity index (χ2n) is 6.35. The van der Waals surface area contributed by atoms with Crippen molar-refractivity contribution in [3.8, 4) is 5.75 Å². The first-order chi connectivity index (χ1) is 13.0. The van der Waals surface area contributed by atoms with Crippen LogP contribution in [0.3, 0.4) is 0 Å². The highest BCUT2D eigenvalue weighted by Crippen LogP contribution is 2.33. The van der Waals surface area contributed by atoms with Gasteiger partial charge in [0, 0.05) is 24.7 Å². The van der Waals surface area contributed by atoms with Crippen LogP contribution in [0.4, 0.5) is 5.69 Å². The number of nitrogens with zero attached hydrogens (tertiary/aromatic N) is 1. The molecule has 3 rings (SSSR count). The van der Waals surface area contributed by atoms with Crippen molar-refractivity contribution in [3.05, 3.63) is 57.5 Å². The first kappa shape index (κ1) is 19.9. The second-order valence-corrected chi connectivity index (χ2v) is 8.06. The van der Waals surface area contributed by atoms with Crippen LogP contribution in [0.2, 0.25) is 0 Å². The average molecular weight is 496 g/mol. The second kappa shape index (κ2) is 9.37. The van der Waals surface area contributed by atoms with Crippen LogP contribution in [0.25, 0.3) is 0 Å². The van der Waals surface area contributed by atoms with Gasteiger partial charge in [-0.05, 0) is 69.0 Å². The fraction of sp³-hybridized carbons (Fsp3) is 0.300. The van der Waals surface area contributed by atoms with Gasteiger partial charge in [0.15, 0.2) is 6.61 Å². The summed E-state index contributed by atoms with van der Waals surface area (Å²) in [5.41, 5.74) is 0.799. The Morgan fingerprint density at radius 1 is 1.00 bits per heavy atom. The number of rotatable bonds is 5. The summed E-state index contributed by atoms with van der Waals surface area (Å²) in [5, 5.41) is 2.94. The number of hydrogen-bond donors (Lipinski definition) is 1. The molecule has 0 bridgehead atoms. The van der Waals surface area contributed by atoms with Crippen molar-refractivity contribution in [2.45, 2.75) is 12.8 Å². The van der Waals surface area contributed by atoms with Crippen LogP contribution in [0.5, 0.6) is 5.75 Å². The normalized spacial score (nSPS) is 14.7. The van der Waals surface area contributed by atoms with Crippen LogP contribution >= 0.6 is 31.9 Å². The molecule has 0 saturated carbocycles. The van der Waals surface area contributed by atoms with E-state index in [4.69, 9.17) is 4.74 Å².